The fourth-order valence-corrected chi connectivity index (χ4v) is 4.69. The maximum atomic E-state index is 13.2. The first-order valence-electron chi connectivity index (χ1n) is 9.88. The molecule has 158 valence electrons. The van der Waals surface area contributed by atoms with Crippen LogP contribution in [0.3, 0.4) is 0 Å². The Bertz CT molecular complexity index is 1140. The molecule has 7 heteroatoms. The van der Waals surface area contributed by atoms with Crippen LogP contribution in [0.2, 0.25) is 5.02 Å². The van der Waals surface area contributed by atoms with E-state index in [4.69, 9.17) is 31.2 Å². The van der Waals surface area contributed by atoms with Crippen LogP contribution in [-0.2, 0) is 0 Å². The summed E-state index contributed by atoms with van der Waals surface area (Å²) in [5, 5.41) is 0.909. The van der Waals surface area contributed by atoms with Crippen LogP contribution in [0.5, 0.6) is 11.5 Å². The molecule has 0 aliphatic carbocycles. The van der Waals surface area contributed by atoms with Crippen LogP contribution < -0.4 is 20.6 Å². The van der Waals surface area contributed by atoms with Gasteiger partial charge in [-0.25, -0.2) is 0 Å². The molecule has 3 aromatic rings. The molecular formula is C23H25ClN2O4. The quantitative estimate of drug-likeness (QED) is 0.664. The molecule has 6 nitrogen and oxygen atoms in total. The van der Waals surface area contributed by atoms with Gasteiger partial charge in [0.15, 0.2) is 5.43 Å². The Kier molecular flexibility index (Phi) is 5.73. The Morgan fingerprint density at radius 2 is 1.93 bits per heavy atom. The van der Waals surface area contributed by atoms with E-state index in [0.29, 0.717) is 45.4 Å². The summed E-state index contributed by atoms with van der Waals surface area (Å²) in [6, 6.07) is 10.6. The van der Waals surface area contributed by atoms with Crippen molar-refractivity contribution in [3.05, 3.63) is 57.2 Å². The molecule has 0 saturated carbocycles. The second kappa shape index (κ2) is 8.30. The summed E-state index contributed by atoms with van der Waals surface area (Å²) in [5.74, 6) is 1.51. The van der Waals surface area contributed by atoms with Crippen LogP contribution in [-0.4, -0.2) is 45.3 Å². The predicted octanol–water partition coefficient (Wildman–Crippen LogP) is 3.88. The third-order valence-corrected chi connectivity index (χ3v) is 6.31. The number of hydrogen-bond acceptors (Lipinski definition) is 6. The number of halogens is 1. The maximum absolute atomic E-state index is 13.2. The molecule has 1 saturated heterocycles. The highest BCUT2D eigenvalue weighted by atomic mass is 35.5. The van der Waals surface area contributed by atoms with Crippen molar-refractivity contribution in [1.29, 1.82) is 0 Å². The van der Waals surface area contributed by atoms with E-state index in [2.05, 4.69) is 11.9 Å². The molecule has 2 atom stereocenters. The molecule has 2 aromatic carbocycles. The highest BCUT2D eigenvalue weighted by Gasteiger charge is 2.36. The molecule has 1 aromatic heterocycles. The zero-order valence-corrected chi connectivity index (χ0v) is 18.0. The number of likely N-dealkylation sites (tertiary alicyclic amines) is 1. The second-order valence-corrected chi connectivity index (χ2v) is 7.94. The Labute approximate surface area is 180 Å². The van der Waals surface area contributed by atoms with Crippen LogP contribution >= 0.6 is 11.6 Å². The van der Waals surface area contributed by atoms with Crippen molar-refractivity contribution in [2.45, 2.75) is 18.4 Å². The van der Waals surface area contributed by atoms with Gasteiger partial charge < -0.3 is 24.5 Å². The molecular weight excluding hydrogens is 404 g/mol. The normalized spacial score (nSPS) is 19.4. The van der Waals surface area contributed by atoms with Gasteiger partial charge in [-0.05, 0) is 32.1 Å². The first kappa shape index (κ1) is 20.7. The number of nitrogens with zero attached hydrogens (tertiary/aromatic N) is 1. The third kappa shape index (κ3) is 3.35. The Morgan fingerprint density at radius 1 is 1.20 bits per heavy atom. The van der Waals surface area contributed by atoms with Gasteiger partial charge in [-0.2, -0.15) is 0 Å². The number of hydrogen-bond donors (Lipinski definition) is 1. The van der Waals surface area contributed by atoms with Crippen LogP contribution in [0.1, 0.15) is 17.9 Å². The summed E-state index contributed by atoms with van der Waals surface area (Å²) >= 11 is 6.38. The third-order valence-electron chi connectivity index (χ3n) is 5.98. The van der Waals surface area contributed by atoms with Gasteiger partial charge in [0.1, 0.15) is 28.2 Å². The van der Waals surface area contributed by atoms with Gasteiger partial charge in [0.05, 0.1) is 19.2 Å². The van der Waals surface area contributed by atoms with E-state index < -0.39 is 0 Å². The summed E-state index contributed by atoms with van der Waals surface area (Å²) in [4.78, 5) is 15.4. The highest BCUT2D eigenvalue weighted by Crippen LogP contribution is 2.45. The van der Waals surface area contributed by atoms with Crippen molar-refractivity contribution in [2.24, 2.45) is 5.73 Å². The minimum Gasteiger partial charge on any atom is -0.496 e. The first-order valence-corrected chi connectivity index (χ1v) is 10.3. The number of rotatable bonds is 5. The number of methoxy groups -OCH3 is 2. The zero-order valence-electron chi connectivity index (χ0n) is 17.3. The average Bonchev–Trinajstić information content (AvgIpc) is 3.12. The van der Waals surface area contributed by atoms with Gasteiger partial charge >= 0.3 is 0 Å². The predicted molar refractivity (Wildman–Crippen MR) is 119 cm³/mol. The van der Waals surface area contributed by atoms with E-state index in [1.54, 1.807) is 19.2 Å². The van der Waals surface area contributed by atoms with Crippen molar-refractivity contribution in [3.8, 4) is 22.8 Å². The molecule has 0 amide bonds. The largest absolute Gasteiger partial charge is 0.496 e. The van der Waals surface area contributed by atoms with Gasteiger partial charge in [-0.3, -0.25) is 4.79 Å². The molecule has 2 N–H and O–H groups in total. The lowest BCUT2D eigenvalue weighted by Gasteiger charge is -2.26. The molecule has 4 rings (SSSR count). The number of fused-ring (bicyclic) bond motifs is 1. The SMILES string of the molecule is COc1cc(OC)c2c(=O)cc(-c3ccccc3Cl)oc2c1C1CCN(C)[C@@H]1CN. The minimum absolute atomic E-state index is 0.0630. The van der Waals surface area contributed by atoms with Gasteiger partial charge in [0.25, 0.3) is 0 Å². The lowest BCUT2D eigenvalue weighted by molar-refractivity contribution is 0.300. The van der Waals surface area contributed by atoms with Crippen molar-refractivity contribution < 1.29 is 13.9 Å². The Morgan fingerprint density at radius 3 is 2.60 bits per heavy atom. The molecule has 1 unspecified atom stereocenters. The molecule has 1 aliphatic rings. The summed E-state index contributed by atoms with van der Waals surface area (Å²) in [6.45, 7) is 1.39. The molecule has 0 radical (unpaired) electrons. The number of nitrogens with two attached hydrogens (primary N) is 1. The smallest absolute Gasteiger partial charge is 0.197 e. The maximum Gasteiger partial charge on any atom is 0.197 e. The Balaban J connectivity index is 2.07. The van der Waals surface area contributed by atoms with Crippen LogP contribution in [0, 0.1) is 0 Å². The molecule has 0 spiro atoms. The number of ether oxygens (including phenoxy) is 2. The van der Waals surface area contributed by atoms with E-state index in [0.717, 1.165) is 18.5 Å². The monoisotopic (exact) mass is 428 g/mol. The second-order valence-electron chi connectivity index (χ2n) is 7.53. The van der Waals surface area contributed by atoms with Crippen LogP contribution in [0.25, 0.3) is 22.3 Å². The van der Waals surface area contributed by atoms with Crippen molar-refractivity contribution in [3.63, 3.8) is 0 Å². The van der Waals surface area contributed by atoms with Crippen LogP contribution in [0.4, 0.5) is 0 Å². The standard InChI is InChI=1S/C23H25ClN2O4/c1-26-9-8-14(16(26)12-25)21-19(28-2)11-20(29-3)22-17(27)10-18(30-23(21)22)13-6-4-5-7-15(13)24/h4-7,10-11,14,16H,8-9,12,25H2,1-3H3/t14?,16-/m1/s1. The van der Waals surface area contributed by atoms with Crippen molar-refractivity contribution >= 4 is 22.6 Å². The van der Waals surface area contributed by atoms with E-state index in [1.165, 1.54) is 13.2 Å². The summed E-state index contributed by atoms with van der Waals surface area (Å²) in [6.07, 6.45) is 0.885. The highest BCUT2D eigenvalue weighted by molar-refractivity contribution is 6.33. The number of benzene rings is 2. The minimum atomic E-state index is -0.192. The van der Waals surface area contributed by atoms with E-state index in [1.807, 2.05) is 18.2 Å². The lowest BCUT2D eigenvalue weighted by Crippen LogP contribution is -2.35. The zero-order chi connectivity index (χ0) is 21.4. The number of likely N-dealkylation sites (N-methyl/N-ethyl adjacent to an activating group) is 1. The van der Waals surface area contributed by atoms with Crippen LogP contribution in [0.15, 0.2) is 45.6 Å². The summed E-state index contributed by atoms with van der Waals surface area (Å²) in [7, 11) is 5.19. The van der Waals surface area contributed by atoms with Gasteiger partial charge in [-0.1, -0.05) is 23.7 Å². The van der Waals surface area contributed by atoms with E-state index >= 15 is 0 Å². The van der Waals surface area contributed by atoms with E-state index in [9.17, 15) is 4.79 Å². The van der Waals surface area contributed by atoms with Crippen molar-refractivity contribution in [2.75, 3.05) is 34.4 Å². The Hall–Kier alpha value is -2.54. The summed E-state index contributed by atoms with van der Waals surface area (Å²) in [5.41, 5.74) is 7.87. The van der Waals surface area contributed by atoms with E-state index in [-0.39, 0.29) is 17.4 Å². The molecule has 1 aliphatic heterocycles. The van der Waals surface area contributed by atoms with Gasteiger partial charge in [-0.15, -0.1) is 0 Å². The topological polar surface area (TPSA) is 77.9 Å². The summed E-state index contributed by atoms with van der Waals surface area (Å²) < 4.78 is 17.6. The van der Waals surface area contributed by atoms with Gasteiger partial charge in [0, 0.05) is 41.8 Å². The van der Waals surface area contributed by atoms with Gasteiger partial charge in [0.2, 0.25) is 0 Å². The fourth-order valence-electron chi connectivity index (χ4n) is 4.46. The molecule has 1 fully saturated rings. The first-order chi connectivity index (χ1) is 14.5. The molecule has 30 heavy (non-hydrogen) atoms. The molecule has 2 heterocycles. The lowest BCUT2D eigenvalue weighted by atomic mass is 9.89. The molecule has 0 bridgehead atoms. The fraction of sp³-hybridized carbons (Fsp3) is 0.348. The average molecular weight is 429 g/mol. The van der Waals surface area contributed by atoms with Crippen molar-refractivity contribution in [1.82, 2.24) is 4.90 Å².